The number of nitrogens with zero attached hydrogens (tertiary/aromatic N) is 3. The molecule has 0 aliphatic carbocycles. The Morgan fingerprint density at radius 1 is 1.33 bits per heavy atom. The molecule has 0 bridgehead atoms. The molecule has 0 fully saturated rings. The van der Waals surface area contributed by atoms with Crippen molar-refractivity contribution in [1.29, 1.82) is 0 Å². The Bertz CT molecular complexity index is 622. The first kappa shape index (κ1) is 15.6. The molecule has 2 rings (SSSR count). The third-order valence-corrected chi connectivity index (χ3v) is 4.29. The monoisotopic (exact) mass is 305 g/mol. The van der Waals surface area contributed by atoms with E-state index in [9.17, 15) is 4.79 Å². The third-order valence-electron chi connectivity index (χ3n) is 3.15. The van der Waals surface area contributed by atoms with E-state index in [-0.39, 0.29) is 11.0 Å². The van der Waals surface area contributed by atoms with Gasteiger partial charge in [0.05, 0.1) is 11.9 Å². The zero-order valence-corrected chi connectivity index (χ0v) is 13.5. The van der Waals surface area contributed by atoms with Crippen molar-refractivity contribution in [3.63, 3.8) is 0 Å². The minimum atomic E-state index is -0.217. The number of ether oxygens (including phenoxy) is 1. The first-order valence-electron chi connectivity index (χ1n) is 6.82. The minimum absolute atomic E-state index is 0.0729. The maximum absolute atomic E-state index is 12.4. The largest absolute Gasteiger partial charge is 0.494 e. The average Bonchev–Trinajstić information content (AvgIpc) is 2.79. The third kappa shape index (κ3) is 3.64. The van der Waals surface area contributed by atoms with E-state index in [0.29, 0.717) is 12.2 Å². The highest BCUT2D eigenvalue weighted by Gasteiger charge is 2.19. The number of rotatable bonds is 6. The second-order valence-electron chi connectivity index (χ2n) is 4.67. The molecule has 6 heteroatoms. The molecule has 1 atom stereocenters. The molecule has 0 aliphatic heterocycles. The van der Waals surface area contributed by atoms with E-state index in [1.54, 1.807) is 12.1 Å². The van der Waals surface area contributed by atoms with Gasteiger partial charge in [-0.1, -0.05) is 11.8 Å². The van der Waals surface area contributed by atoms with Crippen LogP contribution in [0.25, 0.3) is 0 Å². The van der Waals surface area contributed by atoms with E-state index < -0.39 is 0 Å². The van der Waals surface area contributed by atoms with E-state index >= 15 is 0 Å². The summed E-state index contributed by atoms with van der Waals surface area (Å²) < 4.78 is 7.26. The minimum Gasteiger partial charge on any atom is -0.494 e. The van der Waals surface area contributed by atoms with Crippen molar-refractivity contribution >= 4 is 17.5 Å². The van der Waals surface area contributed by atoms with Crippen LogP contribution in [0.5, 0.6) is 5.75 Å². The molecule has 1 aromatic heterocycles. The fourth-order valence-corrected chi connectivity index (χ4v) is 2.76. The van der Waals surface area contributed by atoms with Crippen LogP contribution in [0.1, 0.15) is 30.0 Å². The van der Waals surface area contributed by atoms with Crippen LogP contribution in [0.3, 0.4) is 0 Å². The van der Waals surface area contributed by atoms with Gasteiger partial charge in [-0.3, -0.25) is 4.79 Å². The number of benzene rings is 1. The molecule has 1 heterocycles. The smallest absolute Gasteiger partial charge is 0.191 e. The molecule has 0 unspecified atom stereocenters. The lowest BCUT2D eigenvalue weighted by atomic mass is 10.1. The van der Waals surface area contributed by atoms with Crippen LogP contribution in [0.2, 0.25) is 0 Å². The van der Waals surface area contributed by atoms with Crippen LogP contribution >= 0.6 is 11.8 Å². The molecule has 0 amide bonds. The Morgan fingerprint density at radius 2 is 2.00 bits per heavy atom. The van der Waals surface area contributed by atoms with Crippen molar-refractivity contribution in [1.82, 2.24) is 14.8 Å². The lowest BCUT2D eigenvalue weighted by molar-refractivity contribution is 0.0994. The Kier molecular flexibility index (Phi) is 5.01. The predicted molar refractivity (Wildman–Crippen MR) is 83.0 cm³/mol. The summed E-state index contributed by atoms with van der Waals surface area (Å²) in [5.74, 6) is 1.68. The van der Waals surface area contributed by atoms with Crippen LogP contribution in [0, 0.1) is 6.92 Å². The van der Waals surface area contributed by atoms with Gasteiger partial charge in [-0.2, -0.15) is 0 Å². The number of carbonyl (C=O) groups excluding carboxylic acids is 1. The zero-order chi connectivity index (χ0) is 15.4. The van der Waals surface area contributed by atoms with Crippen LogP contribution in [0.15, 0.2) is 29.4 Å². The standard InChI is InChI=1S/C15H19N3O2S/c1-5-20-13-8-6-12(7-9-13)14(19)10(2)21-15-17-16-11(3)18(15)4/h6-10H,5H2,1-4H3/t10-/m0/s1. The molecule has 0 saturated heterocycles. The van der Waals surface area contributed by atoms with Gasteiger partial charge >= 0.3 is 0 Å². The number of carbonyl (C=O) groups is 1. The molecule has 5 nitrogen and oxygen atoms in total. The Labute approximate surface area is 128 Å². The van der Waals surface area contributed by atoms with Crippen LogP contribution in [-0.4, -0.2) is 32.4 Å². The fraction of sp³-hybridized carbons (Fsp3) is 0.400. The lowest BCUT2D eigenvalue weighted by Crippen LogP contribution is -2.14. The van der Waals surface area contributed by atoms with Crippen LogP contribution in [0.4, 0.5) is 0 Å². The Balaban J connectivity index is 2.06. The molecule has 0 radical (unpaired) electrons. The second kappa shape index (κ2) is 6.76. The number of aromatic nitrogens is 3. The van der Waals surface area contributed by atoms with Crippen LogP contribution in [-0.2, 0) is 7.05 Å². The summed E-state index contributed by atoms with van der Waals surface area (Å²) in [6, 6.07) is 7.24. The quantitative estimate of drug-likeness (QED) is 0.607. The molecule has 2 aromatic rings. The van der Waals surface area contributed by atoms with Crippen molar-refractivity contribution in [3.8, 4) is 5.75 Å². The summed E-state index contributed by atoms with van der Waals surface area (Å²) in [4.78, 5) is 12.4. The number of hydrogen-bond donors (Lipinski definition) is 0. The highest BCUT2D eigenvalue weighted by molar-refractivity contribution is 8.00. The molecule has 0 saturated carbocycles. The number of aryl methyl sites for hydroxylation is 1. The SMILES string of the molecule is CCOc1ccc(C(=O)[C@H](C)Sc2nnc(C)n2C)cc1. The van der Waals surface area contributed by atoms with Crippen molar-refractivity contribution < 1.29 is 9.53 Å². The van der Waals surface area contributed by atoms with Gasteiger partial charge in [-0.25, -0.2) is 0 Å². The topological polar surface area (TPSA) is 57.0 Å². The summed E-state index contributed by atoms with van der Waals surface area (Å²) in [6.07, 6.45) is 0. The maximum Gasteiger partial charge on any atom is 0.191 e. The second-order valence-corrected chi connectivity index (χ2v) is 5.98. The number of thioether (sulfide) groups is 1. The first-order valence-corrected chi connectivity index (χ1v) is 7.70. The molecule has 0 aliphatic rings. The zero-order valence-electron chi connectivity index (χ0n) is 12.7. The van der Waals surface area contributed by atoms with E-state index in [0.717, 1.165) is 16.7 Å². The fourth-order valence-electron chi connectivity index (χ4n) is 1.82. The predicted octanol–water partition coefficient (Wildman–Crippen LogP) is 2.89. The summed E-state index contributed by atoms with van der Waals surface area (Å²) >= 11 is 1.42. The normalized spacial score (nSPS) is 12.2. The molecular formula is C15H19N3O2S. The molecule has 0 spiro atoms. The molecular weight excluding hydrogens is 286 g/mol. The lowest BCUT2D eigenvalue weighted by Gasteiger charge is -2.10. The summed E-state index contributed by atoms with van der Waals surface area (Å²) in [5, 5.41) is 8.60. The van der Waals surface area contributed by atoms with Gasteiger partial charge in [-0.15, -0.1) is 10.2 Å². The molecule has 21 heavy (non-hydrogen) atoms. The van der Waals surface area contributed by atoms with E-state index in [1.165, 1.54) is 11.8 Å². The number of Topliss-reactive ketones (excluding diaryl/α,β-unsaturated/α-hetero) is 1. The Hall–Kier alpha value is -1.82. The molecule has 0 N–H and O–H groups in total. The first-order chi connectivity index (χ1) is 10.0. The van der Waals surface area contributed by atoms with Crippen LogP contribution < -0.4 is 4.74 Å². The van der Waals surface area contributed by atoms with Gasteiger partial charge < -0.3 is 9.30 Å². The Morgan fingerprint density at radius 3 is 2.52 bits per heavy atom. The van der Waals surface area contributed by atoms with Gasteiger partial charge in [0, 0.05) is 12.6 Å². The van der Waals surface area contributed by atoms with Crippen molar-refractivity contribution in [2.45, 2.75) is 31.2 Å². The van der Waals surface area contributed by atoms with Gasteiger partial charge in [0.15, 0.2) is 10.9 Å². The van der Waals surface area contributed by atoms with Gasteiger partial charge in [-0.05, 0) is 45.0 Å². The van der Waals surface area contributed by atoms with E-state index in [4.69, 9.17) is 4.74 Å². The van der Waals surface area contributed by atoms with E-state index in [1.807, 2.05) is 44.5 Å². The average molecular weight is 305 g/mol. The summed E-state index contributed by atoms with van der Waals surface area (Å²) in [7, 11) is 1.89. The van der Waals surface area contributed by atoms with Gasteiger partial charge in [0.2, 0.25) is 0 Å². The van der Waals surface area contributed by atoms with Gasteiger partial charge in [0.25, 0.3) is 0 Å². The number of hydrogen-bond acceptors (Lipinski definition) is 5. The molecule has 1 aromatic carbocycles. The highest BCUT2D eigenvalue weighted by atomic mass is 32.2. The summed E-state index contributed by atoms with van der Waals surface area (Å²) in [5.41, 5.74) is 0.678. The van der Waals surface area contributed by atoms with Gasteiger partial charge in [0.1, 0.15) is 11.6 Å². The molecule has 112 valence electrons. The number of ketones is 1. The van der Waals surface area contributed by atoms with Crippen molar-refractivity contribution in [2.75, 3.05) is 6.61 Å². The highest BCUT2D eigenvalue weighted by Crippen LogP contribution is 2.24. The maximum atomic E-state index is 12.4. The van der Waals surface area contributed by atoms with E-state index in [2.05, 4.69) is 10.2 Å². The van der Waals surface area contributed by atoms with Crippen molar-refractivity contribution in [2.24, 2.45) is 7.05 Å². The van der Waals surface area contributed by atoms with Crippen molar-refractivity contribution in [3.05, 3.63) is 35.7 Å². The summed E-state index contributed by atoms with van der Waals surface area (Å²) in [6.45, 7) is 6.31.